The van der Waals surface area contributed by atoms with Crippen LogP contribution in [0.4, 0.5) is 0 Å². The van der Waals surface area contributed by atoms with Gasteiger partial charge in [0.25, 0.3) is 0 Å². The van der Waals surface area contributed by atoms with Crippen molar-refractivity contribution in [1.82, 2.24) is 0 Å². The minimum absolute atomic E-state index is 0.983. The van der Waals surface area contributed by atoms with Gasteiger partial charge < -0.3 is 4.99 Å². The van der Waals surface area contributed by atoms with Crippen molar-refractivity contribution in [3.63, 3.8) is 0 Å². The quantitative estimate of drug-likeness (QED) is 0.344. The molecule has 0 heterocycles. The molecule has 128 valence electrons. The van der Waals surface area contributed by atoms with Crippen LogP contribution in [-0.4, -0.2) is 19.4 Å². The van der Waals surface area contributed by atoms with Crippen molar-refractivity contribution in [2.45, 2.75) is 13.3 Å². The topological polar surface area (TPSA) is 12.4 Å². The van der Waals surface area contributed by atoms with Crippen LogP contribution < -0.4 is 10.6 Å². The van der Waals surface area contributed by atoms with E-state index < -0.39 is 7.26 Å². The highest BCUT2D eigenvalue weighted by Crippen LogP contribution is 2.58. The summed E-state index contributed by atoms with van der Waals surface area (Å²) in [5.74, 6) is 2.43. The second kappa shape index (κ2) is 10.6. The van der Waals surface area contributed by atoms with Gasteiger partial charge in [0.2, 0.25) is 0 Å². The van der Waals surface area contributed by atoms with E-state index in [1.807, 2.05) is 26.3 Å². The van der Waals surface area contributed by atoms with Crippen LogP contribution in [0.25, 0.3) is 0 Å². The average molecular weight is 348 g/mol. The lowest BCUT2D eigenvalue weighted by Gasteiger charge is -2.23. The van der Waals surface area contributed by atoms with Gasteiger partial charge in [0.15, 0.2) is 0 Å². The van der Waals surface area contributed by atoms with Crippen molar-refractivity contribution in [3.05, 3.63) is 96.9 Å². The van der Waals surface area contributed by atoms with E-state index in [9.17, 15) is 0 Å². The van der Waals surface area contributed by atoms with Crippen LogP contribution in [0, 0.1) is 0 Å². The molecule has 0 unspecified atom stereocenters. The SMILES string of the molecule is C\C=C/C=C\C=C\[P+](CCC=NC)(c1ccccc1)c1ccccc1. The molecule has 0 fully saturated rings. The number of allylic oxidation sites excluding steroid dienone is 5. The van der Waals surface area contributed by atoms with E-state index >= 15 is 0 Å². The highest BCUT2D eigenvalue weighted by molar-refractivity contribution is 7.92. The van der Waals surface area contributed by atoms with Gasteiger partial charge in [-0.05, 0) is 37.3 Å². The van der Waals surface area contributed by atoms with Crippen LogP contribution in [0.2, 0.25) is 0 Å². The predicted molar refractivity (Wildman–Crippen MR) is 116 cm³/mol. The number of rotatable bonds is 8. The normalized spacial score (nSPS) is 12.9. The summed E-state index contributed by atoms with van der Waals surface area (Å²) in [5, 5.41) is 2.84. The molecule has 0 radical (unpaired) electrons. The number of aliphatic imine (C=N–C) groups is 1. The lowest BCUT2D eigenvalue weighted by molar-refractivity contribution is 1.29. The molecule has 0 aromatic heterocycles. The fraction of sp³-hybridized carbons (Fsp3) is 0.174. The second-order valence-electron chi connectivity index (χ2n) is 5.75. The van der Waals surface area contributed by atoms with Crippen LogP contribution in [-0.2, 0) is 0 Å². The number of hydrogen-bond acceptors (Lipinski definition) is 1. The fourth-order valence-electron chi connectivity index (χ4n) is 2.87. The fourth-order valence-corrected chi connectivity index (χ4v) is 6.50. The highest BCUT2D eigenvalue weighted by Gasteiger charge is 2.39. The molecule has 0 saturated heterocycles. The van der Waals surface area contributed by atoms with E-state index in [1.54, 1.807) is 0 Å². The Kier molecular flexibility index (Phi) is 8.09. The molecule has 0 saturated carbocycles. The Bertz CT molecular complexity index is 688. The number of nitrogens with zero attached hydrogens (tertiary/aromatic N) is 1. The van der Waals surface area contributed by atoms with Gasteiger partial charge in [-0.3, -0.25) is 0 Å². The van der Waals surface area contributed by atoms with Gasteiger partial charge >= 0.3 is 0 Å². The van der Waals surface area contributed by atoms with Crippen molar-refractivity contribution in [3.8, 4) is 0 Å². The first-order valence-electron chi connectivity index (χ1n) is 8.70. The first kappa shape index (κ1) is 19.1. The van der Waals surface area contributed by atoms with Crippen LogP contribution in [0.5, 0.6) is 0 Å². The Morgan fingerprint density at radius 2 is 1.36 bits per heavy atom. The number of benzene rings is 2. The molecule has 0 aliphatic carbocycles. The van der Waals surface area contributed by atoms with E-state index in [0.717, 1.165) is 12.6 Å². The highest BCUT2D eigenvalue weighted by atomic mass is 31.2. The van der Waals surface area contributed by atoms with E-state index in [2.05, 4.69) is 95.8 Å². The first-order valence-corrected chi connectivity index (χ1v) is 10.7. The minimum atomic E-state index is -1.63. The van der Waals surface area contributed by atoms with E-state index in [1.165, 1.54) is 10.6 Å². The molecule has 0 amide bonds. The van der Waals surface area contributed by atoms with Crippen LogP contribution in [0.15, 0.2) is 102 Å². The molecule has 2 aromatic rings. The summed E-state index contributed by atoms with van der Waals surface area (Å²) in [6.07, 6.45) is 14.6. The molecule has 0 aliphatic heterocycles. The number of hydrogen-bond donors (Lipinski definition) is 0. The zero-order chi connectivity index (χ0) is 17.8. The van der Waals surface area contributed by atoms with Crippen molar-refractivity contribution >= 4 is 24.1 Å². The van der Waals surface area contributed by atoms with Crippen molar-refractivity contribution in [2.75, 3.05) is 13.2 Å². The Hall–Kier alpha value is -2.24. The molecular formula is C23H27NP+. The summed E-state index contributed by atoms with van der Waals surface area (Å²) < 4.78 is 0. The van der Waals surface area contributed by atoms with Crippen LogP contribution >= 0.6 is 7.26 Å². The lowest BCUT2D eigenvalue weighted by Crippen LogP contribution is -2.23. The Morgan fingerprint density at radius 1 is 0.800 bits per heavy atom. The molecular weight excluding hydrogens is 321 g/mol. The van der Waals surface area contributed by atoms with Crippen LogP contribution in [0.1, 0.15) is 13.3 Å². The molecule has 0 bridgehead atoms. The standard InChI is InChI=1S/C23H27NP/c1-3-4-5-6-13-20-25(21-14-19-24-2,22-15-9-7-10-16-22)23-17-11-8-12-18-23/h3-13,15-20H,14,21H2,1-2H3/q+1/b4-3-,6-5-,20-13+,24-19?. The third-order valence-corrected chi connectivity index (χ3v) is 8.18. The molecule has 0 aliphatic rings. The summed E-state index contributed by atoms with van der Waals surface area (Å²) >= 11 is 0. The molecule has 0 atom stereocenters. The van der Waals surface area contributed by atoms with Crippen LogP contribution in [0.3, 0.4) is 0 Å². The minimum Gasteiger partial charge on any atom is -0.301 e. The van der Waals surface area contributed by atoms with E-state index in [-0.39, 0.29) is 0 Å². The van der Waals surface area contributed by atoms with Crippen molar-refractivity contribution < 1.29 is 0 Å². The zero-order valence-corrected chi connectivity index (χ0v) is 16.0. The van der Waals surface area contributed by atoms with Gasteiger partial charge in [-0.15, -0.1) is 0 Å². The largest absolute Gasteiger partial charge is 0.301 e. The molecule has 2 rings (SSSR count). The maximum absolute atomic E-state index is 4.19. The van der Waals surface area contributed by atoms with E-state index in [4.69, 9.17) is 0 Å². The summed E-state index contributed by atoms with van der Waals surface area (Å²) in [7, 11) is 0.222. The maximum atomic E-state index is 4.19. The molecule has 25 heavy (non-hydrogen) atoms. The third kappa shape index (κ3) is 5.37. The molecule has 1 nitrogen and oxygen atoms in total. The molecule has 2 aromatic carbocycles. The van der Waals surface area contributed by atoms with Gasteiger partial charge in [-0.25, -0.2) is 0 Å². The molecule has 2 heteroatoms. The molecule has 0 spiro atoms. The Labute approximate surface area is 152 Å². The maximum Gasteiger partial charge on any atom is 0.105 e. The average Bonchev–Trinajstić information content (AvgIpc) is 2.68. The van der Waals surface area contributed by atoms with Gasteiger partial charge in [-0.1, -0.05) is 60.7 Å². The third-order valence-electron chi connectivity index (χ3n) is 4.09. The monoisotopic (exact) mass is 348 g/mol. The van der Waals surface area contributed by atoms with Gasteiger partial charge in [0.1, 0.15) is 17.9 Å². The van der Waals surface area contributed by atoms with E-state index in [0.29, 0.717) is 0 Å². The predicted octanol–water partition coefficient (Wildman–Crippen LogP) is 5.39. The smallest absolute Gasteiger partial charge is 0.105 e. The Balaban J connectivity index is 2.52. The van der Waals surface area contributed by atoms with Crippen molar-refractivity contribution in [1.29, 1.82) is 0 Å². The lowest BCUT2D eigenvalue weighted by atomic mass is 10.4. The van der Waals surface area contributed by atoms with Gasteiger partial charge in [0, 0.05) is 19.7 Å². The zero-order valence-electron chi connectivity index (χ0n) is 15.1. The molecule has 0 N–H and O–H groups in total. The van der Waals surface area contributed by atoms with Gasteiger partial charge in [0.05, 0.1) is 12.0 Å². The Morgan fingerprint density at radius 3 is 1.88 bits per heavy atom. The van der Waals surface area contributed by atoms with Crippen molar-refractivity contribution in [2.24, 2.45) is 4.99 Å². The first-order chi connectivity index (χ1) is 12.3. The van der Waals surface area contributed by atoms with Gasteiger partial charge in [-0.2, -0.15) is 0 Å². The summed E-state index contributed by atoms with van der Waals surface area (Å²) in [6, 6.07) is 21.8. The summed E-state index contributed by atoms with van der Waals surface area (Å²) in [5.41, 5.74) is 0. The summed E-state index contributed by atoms with van der Waals surface area (Å²) in [4.78, 5) is 4.19. The summed E-state index contributed by atoms with van der Waals surface area (Å²) in [6.45, 7) is 2.03. The second-order valence-corrected chi connectivity index (χ2v) is 9.26.